The number of rotatable bonds is 3. The quantitative estimate of drug-likeness (QED) is 0.878. The Labute approximate surface area is 118 Å². The number of aromatic nitrogens is 3. The third-order valence-corrected chi connectivity index (χ3v) is 3.29. The number of nitrogens with one attached hydrogen (secondary N) is 1. The van der Waals surface area contributed by atoms with E-state index in [4.69, 9.17) is 23.2 Å². The van der Waals surface area contributed by atoms with Gasteiger partial charge >= 0.3 is 5.69 Å². The Morgan fingerprint density at radius 2 is 2.00 bits per heavy atom. The molecule has 100 valence electrons. The van der Waals surface area contributed by atoms with Crippen molar-refractivity contribution < 1.29 is 4.79 Å². The van der Waals surface area contributed by atoms with Crippen molar-refractivity contribution >= 4 is 35.3 Å². The average Bonchev–Trinajstić information content (AvgIpc) is 2.61. The number of hydrogen-bond acceptors (Lipinski definition) is 3. The first-order chi connectivity index (χ1) is 8.95. The van der Waals surface area contributed by atoms with Crippen LogP contribution in [-0.2, 0) is 11.8 Å². The summed E-state index contributed by atoms with van der Waals surface area (Å²) in [7, 11) is 1.61. The van der Waals surface area contributed by atoms with Crippen molar-refractivity contribution in [2.24, 2.45) is 7.05 Å². The fourth-order valence-electron chi connectivity index (χ4n) is 1.57. The molecule has 1 amide bonds. The molecule has 1 heterocycles. The van der Waals surface area contributed by atoms with Crippen LogP contribution in [0.25, 0.3) is 5.69 Å². The van der Waals surface area contributed by atoms with Gasteiger partial charge in [0.15, 0.2) is 0 Å². The van der Waals surface area contributed by atoms with Gasteiger partial charge in [-0.2, -0.15) is 9.78 Å². The lowest BCUT2D eigenvalue weighted by molar-refractivity contribution is -0.105. The highest BCUT2D eigenvalue weighted by Gasteiger charge is 2.14. The van der Waals surface area contributed by atoms with Crippen LogP contribution in [-0.4, -0.2) is 20.8 Å². The Morgan fingerprint density at radius 1 is 1.32 bits per heavy atom. The molecule has 0 bridgehead atoms. The molecule has 0 saturated heterocycles. The Kier molecular flexibility index (Phi) is 3.64. The largest absolute Gasteiger partial charge is 0.350 e. The topological polar surface area (TPSA) is 68.9 Å². The molecule has 0 fully saturated rings. The molecular formula is C11H10Cl2N4O2. The molecule has 2 rings (SSSR count). The van der Waals surface area contributed by atoms with Crippen LogP contribution in [0.5, 0.6) is 0 Å². The smallest absolute Gasteiger partial charge is 0.327 e. The number of benzene rings is 1. The summed E-state index contributed by atoms with van der Waals surface area (Å²) in [6, 6.07) is 2.94. The van der Waals surface area contributed by atoms with E-state index in [1.165, 1.54) is 16.7 Å². The van der Waals surface area contributed by atoms with Crippen LogP contribution in [0.3, 0.4) is 0 Å². The molecule has 1 aromatic heterocycles. The third kappa shape index (κ3) is 2.36. The third-order valence-electron chi connectivity index (χ3n) is 2.68. The second-order valence-electron chi connectivity index (χ2n) is 3.85. The van der Waals surface area contributed by atoms with Gasteiger partial charge in [-0.1, -0.05) is 23.2 Å². The van der Waals surface area contributed by atoms with Crippen LogP contribution in [0.15, 0.2) is 16.9 Å². The number of amides is 1. The summed E-state index contributed by atoms with van der Waals surface area (Å²) in [5, 5.41) is 7.07. The van der Waals surface area contributed by atoms with Gasteiger partial charge in [0.25, 0.3) is 0 Å². The van der Waals surface area contributed by atoms with Crippen molar-refractivity contribution in [2.75, 3.05) is 5.32 Å². The molecule has 0 radical (unpaired) electrons. The first kappa shape index (κ1) is 13.6. The van der Waals surface area contributed by atoms with Crippen molar-refractivity contribution in [3.8, 4) is 5.69 Å². The fourth-order valence-corrected chi connectivity index (χ4v) is 2.08. The predicted octanol–water partition coefficient (Wildman–Crippen LogP) is 1.75. The Hall–Kier alpha value is -1.79. The summed E-state index contributed by atoms with van der Waals surface area (Å²) < 4.78 is 2.54. The van der Waals surface area contributed by atoms with Gasteiger partial charge in [0, 0.05) is 7.05 Å². The molecule has 2 aromatic rings. The number of carbonyl (C=O) groups excluding carboxylic acids is 1. The molecule has 6 nitrogen and oxygen atoms in total. The van der Waals surface area contributed by atoms with E-state index in [0.717, 1.165) is 4.68 Å². The van der Waals surface area contributed by atoms with Crippen LogP contribution in [0.4, 0.5) is 5.69 Å². The van der Waals surface area contributed by atoms with Crippen LogP contribution in [0, 0.1) is 6.92 Å². The Morgan fingerprint density at radius 3 is 2.53 bits per heavy atom. The zero-order chi connectivity index (χ0) is 14.2. The lowest BCUT2D eigenvalue weighted by atomic mass is 10.2. The fraction of sp³-hybridized carbons (Fsp3) is 0.182. The van der Waals surface area contributed by atoms with E-state index in [-0.39, 0.29) is 15.7 Å². The first-order valence-corrected chi connectivity index (χ1v) is 6.03. The minimum Gasteiger partial charge on any atom is -0.327 e. The van der Waals surface area contributed by atoms with E-state index in [2.05, 4.69) is 10.4 Å². The Balaban J connectivity index is 2.68. The number of hydrogen-bond donors (Lipinski definition) is 1. The standard InChI is InChI=1S/C11H10Cl2N4O2/c1-6-15-17(11(19)16(6)2)10-4-9(14-5-18)7(12)3-8(10)13/h3-5H,1-2H3,(H,14,18). The zero-order valence-corrected chi connectivity index (χ0v) is 11.7. The van der Waals surface area contributed by atoms with Crippen molar-refractivity contribution in [3.05, 3.63) is 38.5 Å². The van der Waals surface area contributed by atoms with Gasteiger partial charge < -0.3 is 5.32 Å². The van der Waals surface area contributed by atoms with Gasteiger partial charge in [-0.25, -0.2) is 4.79 Å². The maximum absolute atomic E-state index is 12.0. The zero-order valence-electron chi connectivity index (χ0n) is 10.1. The second-order valence-corrected chi connectivity index (χ2v) is 4.66. The number of anilines is 1. The average molecular weight is 301 g/mol. The first-order valence-electron chi connectivity index (χ1n) is 5.28. The molecule has 0 saturated carbocycles. The van der Waals surface area contributed by atoms with Gasteiger partial charge in [-0.15, -0.1) is 0 Å². The number of carbonyl (C=O) groups is 1. The van der Waals surface area contributed by atoms with E-state index < -0.39 is 0 Å². The summed E-state index contributed by atoms with van der Waals surface area (Å²) >= 11 is 12.0. The summed E-state index contributed by atoms with van der Waals surface area (Å²) in [5.74, 6) is 0.543. The van der Waals surface area contributed by atoms with Gasteiger partial charge in [-0.05, 0) is 19.1 Å². The number of aryl methyl sites for hydroxylation is 1. The molecule has 19 heavy (non-hydrogen) atoms. The normalized spacial score (nSPS) is 10.5. The van der Waals surface area contributed by atoms with E-state index in [1.54, 1.807) is 14.0 Å². The molecule has 1 N–H and O–H groups in total. The van der Waals surface area contributed by atoms with Gasteiger partial charge in [0.2, 0.25) is 6.41 Å². The van der Waals surface area contributed by atoms with Crippen LogP contribution in [0.1, 0.15) is 5.82 Å². The molecule has 0 aliphatic heterocycles. The summed E-state index contributed by atoms with van der Waals surface area (Å²) in [4.78, 5) is 22.5. The van der Waals surface area contributed by atoms with Crippen LogP contribution in [0.2, 0.25) is 10.0 Å². The molecule has 0 unspecified atom stereocenters. The van der Waals surface area contributed by atoms with E-state index in [0.29, 0.717) is 23.6 Å². The molecule has 0 aliphatic carbocycles. The maximum Gasteiger partial charge on any atom is 0.350 e. The van der Waals surface area contributed by atoms with Gasteiger partial charge in [0.05, 0.1) is 21.4 Å². The van der Waals surface area contributed by atoms with Crippen molar-refractivity contribution in [2.45, 2.75) is 6.92 Å². The highest BCUT2D eigenvalue weighted by atomic mass is 35.5. The van der Waals surface area contributed by atoms with Crippen LogP contribution >= 0.6 is 23.2 Å². The van der Waals surface area contributed by atoms with Crippen molar-refractivity contribution in [1.82, 2.24) is 14.3 Å². The van der Waals surface area contributed by atoms with E-state index in [9.17, 15) is 9.59 Å². The lowest BCUT2D eigenvalue weighted by Crippen LogP contribution is -2.22. The van der Waals surface area contributed by atoms with Crippen molar-refractivity contribution in [3.63, 3.8) is 0 Å². The minimum atomic E-state index is -0.334. The van der Waals surface area contributed by atoms with E-state index >= 15 is 0 Å². The number of halogens is 2. The van der Waals surface area contributed by atoms with E-state index in [1.807, 2.05) is 0 Å². The molecule has 0 spiro atoms. The highest BCUT2D eigenvalue weighted by Crippen LogP contribution is 2.30. The maximum atomic E-state index is 12.0. The second kappa shape index (κ2) is 5.07. The van der Waals surface area contributed by atoms with Crippen LogP contribution < -0.4 is 11.0 Å². The predicted molar refractivity (Wildman–Crippen MR) is 73.2 cm³/mol. The lowest BCUT2D eigenvalue weighted by Gasteiger charge is -2.08. The SMILES string of the molecule is Cc1nn(-c2cc(NC=O)c(Cl)cc2Cl)c(=O)n1C. The van der Waals surface area contributed by atoms with Crippen molar-refractivity contribution in [1.29, 1.82) is 0 Å². The molecular weight excluding hydrogens is 291 g/mol. The Bertz CT molecular complexity index is 705. The minimum absolute atomic E-state index is 0.265. The molecule has 1 aromatic carbocycles. The highest BCUT2D eigenvalue weighted by molar-refractivity contribution is 6.37. The summed E-state index contributed by atoms with van der Waals surface area (Å²) in [6.45, 7) is 1.70. The monoisotopic (exact) mass is 300 g/mol. The number of nitrogens with zero attached hydrogens (tertiary/aromatic N) is 3. The summed E-state index contributed by atoms with van der Waals surface area (Å²) in [5.41, 5.74) is 0.370. The molecule has 8 heteroatoms. The molecule has 0 aliphatic rings. The molecule has 0 atom stereocenters. The van der Waals surface area contributed by atoms with Gasteiger partial charge in [0.1, 0.15) is 5.82 Å². The summed E-state index contributed by atoms with van der Waals surface area (Å²) in [6.07, 6.45) is 0.491. The van der Waals surface area contributed by atoms with Gasteiger partial charge in [-0.3, -0.25) is 9.36 Å².